The SMILES string of the molecule is CC(CO)CNS(=O)(=O)c1ccc(F)cc1Br. The van der Waals surface area contributed by atoms with Crippen LogP contribution in [0.1, 0.15) is 6.92 Å². The lowest BCUT2D eigenvalue weighted by atomic mass is 10.2. The molecule has 0 aromatic heterocycles. The van der Waals surface area contributed by atoms with Crippen LogP contribution in [-0.2, 0) is 10.0 Å². The Hall–Kier alpha value is -0.500. The molecule has 1 aromatic carbocycles. The Kier molecular flexibility index (Phi) is 5.05. The highest BCUT2D eigenvalue weighted by atomic mass is 79.9. The van der Waals surface area contributed by atoms with Crippen LogP contribution in [0.3, 0.4) is 0 Å². The predicted molar refractivity (Wildman–Crippen MR) is 65.5 cm³/mol. The van der Waals surface area contributed by atoms with Crippen LogP contribution in [-0.4, -0.2) is 26.7 Å². The molecule has 0 saturated carbocycles. The smallest absolute Gasteiger partial charge is 0.241 e. The van der Waals surface area contributed by atoms with Gasteiger partial charge < -0.3 is 5.11 Å². The van der Waals surface area contributed by atoms with E-state index in [4.69, 9.17) is 5.11 Å². The van der Waals surface area contributed by atoms with Gasteiger partial charge in [-0.3, -0.25) is 0 Å². The van der Waals surface area contributed by atoms with Gasteiger partial charge in [0.1, 0.15) is 5.82 Å². The Balaban J connectivity index is 2.90. The van der Waals surface area contributed by atoms with Gasteiger partial charge in [-0.2, -0.15) is 0 Å². The summed E-state index contributed by atoms with van der Waals surface area (Å²) in [5, 5.41) is 8.80. The van der Waals surface area contributed by atoms with Gasteiger partial charge in [0.15, 0.2) is 0 Å². The van der Waals surface area contributed by atoms with Crippen molar-refractivity contribution in [3.05, 3.63) is 28.5 Å². The largest absolute Gasteiger partial charge is 0.396 e. The number of nitrogens with one attached hydrogen (secondary N) is 1. The highest BCUT2D eigenvalue weighted by molar-refractivity contribution is 9.10. The highest BCUT2D eigenvalue weighted by Gasteiger charge is 2.18. The lowest BCUT2D eigenvalue weighted by Gasteiger charge is -2.11. The minimum Gasteiger partial charge on any atom is -0.396 e. The maximum Gasteiger partial charge on any atom is 0.241 e. The average molecular weight is 326 g/mol. The van der Waals surface area contributed by atoms with E-state index in [1.54, 1.807) is 6.92 Å². The van der Waals surface area contributed by atoms with E-state index in [2.05, 4.69) is 20.7 Å². The number of halogens is 2. The number of sulfonamides is 1. The van der Waals surface area contributed by atoms with Crippen LogP contribution in [0.4, 0.5) is 4.39 Å². The second-order valence-electron chi connectivity index (χ2n) is 3.71. The molecule has 1 atom stereocenters. The Morgan fingerprint density at radius 1 is 1.53 bits per heavy atom. The number of hydrogen-bond acceptors (Lipinski definition) is 3. The quantitative estimate of drug-likeness (QED) is 0.862. The fourth-order valence-corrected chi connectivity index (χ4v) is 3.30. The summed E-state index contributed by atoms with van der Waals surface area (Å²) in [4.78, 5) is -0.0240. The zero-order valence-electron chi connectivity index (χ0n) is 9.15. The lowest BCUT2D eigenvalue weighted by molar-refractivity contribution is 0.238. The maximum absolute atomic E-state index is 12.8. The molecule has 17 heavy (non-hydrogen) atoms. The van der Waals surface area contributed by atoms with E-state index in [1.165, 1.54) is 6.07 Å². The van der Waals surface area contributed by atoms with Crippen molar-refractivity contribution in [2.75, 3.05) is 13.2 Å². The first-order valence-electron chi connectivity index (χ1n) is 4.92. The summed E-state index contributed by atoms with van der Waals surface area (Å²) in [5.41, 5.74) is 0. The van der Waals surface area contributed by atoms with Crippen molar-refractivity contribution in [3.8, 4) is 0 Å². The number of benzene rings is 1. The maximum atomic E-state index is 12.8. The van der Waals surface area contributed by atoms with Gasteiger partial charge in [0.25, 0.3) is 0 Å². The van der Waals surface area contributed by atoms with E-state index in [0.717, 1.165) is 12.1 Å². The molecule has 0 aliphatic rings. The number of hydrogen-bond donors (Lipinski definition) is 2. The molecule has 0 radical (unpaired) electrons. The third kappa shape index (κ3) is 4.02. The lowest BCUT2D eigenvalue weighted by Crippen LogP contribution is -2.29. The Labute approximate surface area is 108 Å². The molecule has 0 bridgehead atoms. The van der Waals surface area contributed by atoms with Crippen LogP contribution in [0, 0.1) is 11.7 Å². The number of aliphatic hydroxyl groups is 1. The van der Waals surface area contributed by atoms with Gasteiger partial charge in [-0.1, -0.05) is 6.92 Å². The molecule has 1 unspecified atom stereocenters. The van der Waals surface area contributed by atoms with E-state index in [0.29, 0.717) is 0 Å². The fraction of sp³-hybridized carbons (Fsp3) is 0.400. The van der Waals surface area contributed by atoms with Crippen LogP contribution < -0.4 is 4.72 Å². The van der Waals surface area contributed by atoms with Crippen molar-refractivity contribution in [1.82, 2.24) is 4.72 Å². The van der Waals surface area contributed by atoms with E-state index in [9.17, 15) is 12.8 Å². The first kappa shape index (κ1) is 14.6. The van der Waals surface area contributed by atoms with E-state index < -0.39 is 15.8 Å². The van der Waals surface area contributed by atoms with Crippen LogP contribution in [0.15, 0.2) is 27.6 Å². The molecule has 0 amide bonds. The molecule has 0 fully saturated rings. The van der Waals surface area contributed by atoms with E-state index >= 15 is 0 Å². The van der Waals surface area contributed by atoms with Crippen molar-refractivity contribution < 1.29 is 17.9 Å². The molecule has 0 aliphatic heterocycles. The van der Waals surface area contributed by atoms with E-state index in [-0.39, 0.29) is 28.4 Å². The Morgan fingerprint density at radius 2 is 2.18 bits per heavy atom. The van der Waals surface area contributed by atoms with Gasteiger partial charge in [-0.05, 0) is 40.0 Å². The van der Waals surface area contributed by atoms with Gasteiger partial charge in [-0.15, -0.1) is 0 Å². The van der Waals surface area contributed by atoms with Crippen LogP contribution in [0.25, 0.3) is 0 Å². The third-order valence-corrected chi connectivity index (χ3v) is 4.52. The molecular weight excluding hydrogens is 313 g/mol. The van der Waals surface area contributed by atoms with Gasteiger partial charge in [0.2, 0.25) is 10.0 Å². The molecule has 0 aliphatic carbocycles. The Morgan fingerprint density at radius 3 is 2.71 bits per heavy atom. The summed E-state index contributed by atoms with van der Waals surface area (Å²) in [7, 11) is -3.69. The summed E-state index contributed by atoms with van der Waals surface area (Å²) >= 11 is 3.00. The summed E-state index contributed by atoms with van der Waals surface area (Å²) in [6, 6.07) is 3.35. The second-order valence-corrected chi connectivity index (χ2v) is 6.30. The van der Waals surface area contributed by atoms with Crippen LogP contribution >= 0.6 is 15.9 Å². The zero-order chi connectivity index (χ0) is 13.1. The topological polar surface area (TPSA) is 66.4 Å². The molecule has 0 spiro atoms. The van der Waals surface area contributed by atoms with Gasteiger partial charge in [-0.25, -0.2) is 17.5 Å². The minimum absolute atomic E-state index is 0.0240. The first-order valence-corrected chi connectivity index (χ1v) is 7.20. The normalized spacial score (nSPS) is 13.6. The molecule has 1 rings (SSSR count). The minimum atomic E-state index is -3.69. The van der Waals surface area contributed by atoms with E-state index in [1.807, 2.05) is 0 Å². The molecule has 7 heteroatoms. The molecule has 0 heterocycles. The first-order chi connectivity index (χ1) is 7.86. The molecule has 2 N–H and O–H groups in total. The molecular formula is C10H13BrFNO3S. The summed E-state index contributed by atoms with van der Waals surface area (Å²) in [6.45, 7) is 1.73. The zero-order valence-corrected chi connectivity index (χ0v) is 11.6. The summed E-state index contributed by atoms with van der Waals surface area (Å²) in [6.07, 6.45) is 0. The molecule has 0 saturated heterocycles. The summed E-state index contributed by atoms with van der Waals surface area (Å²) < 4.78 is 39.0. The fourth-order valence-electron chi connectivity index (χ4n) is 1.09. The monoisotopic (exact) mass is 325 g/mol. The highest BCUT2D eigenvalue weighted by Crippen LogP contribution is 2.22. The molecule has 4 nitrogen and oxygen atoms in total. The van der Waals surface area contributed by atoms with Crippen molar-refractivity contribution in [2.45, 2.75) is 11.8 Å². The van der Waals surface area contributed by atoms with Crippen molar-refractivity contribution in [3.63, 3.8) is 0 Å². The van der Waals surface area contributed by atoms with Crippen molar-refractivity contribution in [2.24, 2.45) is 5.92 Å². The summed E-state index contributed by atoms with van der Waals surface area (Å²) in [5.74, 6) is -0.691. The van der Waals surface area contributed by atoms with Gasteiger partial charge >= 0.3 is 0 Å². The van der Waals surface area contributed by atoms with Gasteiger partial charge in [0, 0.05) is 17.6 Å². The molecule has 1 aromatic rings. The number of rotatable bonds is 5. The average Bonchev–Trinajstić information content (AvgIpc) is 2.25. The Bertz CT molecular complexity index is 492. The second kappa shape index (κ2) is 5.90. The third-order valence-electron chi connectivity index (χ3n) is 2.12. The standard InChI is InChI=1S/C10H13BrFNO3S/c1-7(6-14)5-13-17(15,16)10-3-2-8(12)4-9(10)11/h2-4,7,13-14H,5-6H2,1H3. The van der Waals surface area contributed by atoms with Crippen molar-refractivity contribution >= 4 is 26.0 Å². The molecule has 96 valence electrons. The number of aliphatic hydroxyl groups excluding tert-OH is 1. The van der Waals surface area contributed by atoms with Crippen molar-refractivity contribution in [1.29, 1.82) is 0 Å². The predicted octanol–water partition coefficient (Wildman–Crippen LogP) is 1.49. The van der Waals surface area contributed by atoms with Crippen LogP contribution in [0.5, 0.6) is 0 Å². The van der Waals surface area contributed by atoms with Crippen LogP contribution in [0.2, 0.25) is 0 Å². The van der Waals surface area contributed by atoms with Gasteiger partial charge in [0.05, 0.1) is 4.90 Å².